The largest absolute Gasteiger partial charge is 0.484 e. The van der Waals surface area contributed by atoms with Crippen LogP contribution in [0.15, 0.2) is 48.5 Å². The van der Waals surface area contributed by atoms with Crippen LogP contribution in [0.3, 0.4) is 0 Å². The second-order valence-electron chi connectivity index (χ2n) is 6.69. The van der Waals surface area contributed by atoms with Gasteiger partial charge in [-0.3, -0.25) is 9.59 Å². The van der Waals surface area contributed by atoms with Gasteiger partial charge in [-0.25, -0.2) is 0 Å². The van der Waals surface area contributed by atoms with Gasteiger partial charge in [-0.05, 0) is 56.7 Å². The van der Waals surface area contributed by atoms with Crippen LogP contribution < -0.4 is 10.1 Å². The summed E-state index contributed by atoms with van der Waals surface area (Å²) in [6, 6.07) is 13.3. The number of hydrogen-bond donors (Lipinski definition) is 1. The third-order valence-electron chi connectivity index (χ3n) is 4.07. The Morgan fingerprint density at radius 3 is 2.29 bits per heavy atom. The minimum atomic E-state index is -0.681. The predicted molar refractivity (Wildman–Crippen MR) is 112 cm³/mol. The fourth-order valence-electron chi connectivity index (χ4n) is 2.56. The highest BCUT2D eigenvalue weighted by Crippen LogP contribution is 2.20. The number of ether oxygens (including phenoxy) is 1. The Morgan fingerprint density at radius 1 is 1.04 bits per heavy atom. The van der Waals surface area contributed by atoms with Crippen molar-refractivity contribution in [3.63, 3.8) is 0 Å². The molecule has 2 rings (SSSR count). The van der Waals surface area contributed by atoms with Gasteiger partial charge in [-0.1, -0.05) is 41.4 Å². The van der Waals surface area contributed by atoms with Gasteiger partial charge < -0.3 is 15.0 Å². The first-order valence-corrected chi connectivity index (χ1v) is 9.75. The first-order valence-electron chi connectivity index (χ1n) is 8.99. The number of amides is 2. The Kier molecular flexibility index (Phi) is 8.15. The Balaban J connectivity index is 2.15. The molecule has 1 N–H and O–H groups in total. The van der Waals surface area contributed by atoms with Gasteiger partial charge in [0, 0.05) is 22.6 Å². The quantitative estimate of drug-likeness (QED) is 0.688. The first-order chi connectivity index (χ1) is 13.3. The Morgan fingerprint density at radius 2 is 1.68 bits per heavy atom. The molecule has 0 saturated carbocycles. The lowest BCUT2D eigenvalue weighted by molar-refractivity contribution is -0.142. The molecule has 0 aromatic heterocycles. The van der Waals surface area contributed by atoms with Gasteiger partial charge in [0.25, 0.3) is 5.91 Å². The molecule has 7 heteroatoms. The third kappa shape index (κ3) is 6.43. The van der Waals surface area contributed by atoms with Crippen LogP contribution >= 0.6 is 23.2 Å². The SMILES string of the molecule is CC(C)NC(=O)[C@H](C)N(Cc1ccccc1Cl)C(=O)COc1ccc(Cl)cc1. The van der Waals surface area contributed by atoms with Gasteiger partial charge in [0.05, 0.1) is 0 Å². The molecule has 0 unspecified atom stereocenters. The van der Waals surface area contributed by atoms with E-state index in [4.69, 9.17) is 27.9 Å². The second-order valence-corrected chi connectivity index (χ2v) is 7.54. The molecular weight excluding hydrogens is 399 g/mol. The van der Waals surface area contributed by atoms with E-state index in [1.54, 1.807) is 37.3 Å². The maximum atomic E-state index is 12.9. The summed E-state index contributed by atoms with van der Waals surface area (Å²) in [5.74, 6) is -0.0297. The summed E-state index contributed by atoms with van der Waals surface area (Å²) >= 11 is 12.1. The normalized spacial score (nSPS) is 11.8. The molecule has 2 amide bonds. The summed E-state index contributed by atoms with van der Waals surface area (Å²) in [5, 5.41) is 3.96. The highest BCUT2D eigenvalue weighted by Gasteiger charge is 2.27. The summed E-state index contributed by atoms with van der Waals surface area (Å²) in [6.07, 6.45) is 0. The molecular formula is C21H24Cl2N2O3. The number of carbonyl (C=O) groups excluding carboxylic acids is 2. The summed E-state index contributed by atoms with van der Waals surface area (Å²) in [7, 11) is 0. The van der Waals surface area contributed by atoms with Crippen molar-refractivity contribution in [2.24, 2.45) is 0 Å². The number of halogens is 2. The standard InChI is InChI=1S/C21H24Cl2N2O3/c1-14(2)24-21(27)15(3)25(12-16-6-4-5-7-19(16)23)20(26)13-28-18-10-8-17(22)9-11-18/h4-11,14-15H,12-13H2,1-3H3,(H,24,27)/t15-/m0/s1. The number of hydrogen-bond acceptors (Lipinski definition) is 3. The molecule has 0 fully saturated rings. The molecule has 0 aliphatic carbocycles. The number of benzene rings is 2. The topological polar surface area (TPSA) is 58.6 Å². The fourth-order valence-corrected chi connectivity index (χ4v) is 2.88. The third-order valence-corrected chi connectivity index (χ3v) is 4.69. The molecule has 0 radical (unpaired) electrons. The van der Waals surface area contributed by atoms with E-state index >= 15 is 0 Å². The van der Waals surface area contributed by atoms with Crippen molar-refractivity contribution in [3.05, 3.63) is 64.1 Å². The molecule has 28 heavy (non-hydrogen) atoms. The van der Waals surface area contributed by atoms with Crippen molar-refractivity contribution in [1.82, 2.24) is 10.2 Å². The van der Waals surface area contributed by atoms with Crippen LogP contribution in [-0.4, -0.2) is 35.4 Å². The van der Waals surface area contributed by atoms with Crippen molar-refractivity contribution in [3.8, 4) is 5.75 Å². The minimum absolute atomic E-state index is 0.0301. The van der Waals surface area contributed by atoms with E-state index < -0.39 is 6.04 Å². The van der Waals surface area contributed by atoms with E-state index in [1.807, 2.05) is 32.0 Å². The Bertz CT molecular complexity index is 810. The van der Waals surface area contributed by atoms with E-state index in [-0.39, 0.29) is 31.0 Å². The van der Waals surface area contributed by atoms with Gasteiger partial charge in [0.1, 0.15) is 11.8 Å². The minimum Gasteiger partial charge on any atom is -0.484 e. The van der Waals surface area contributed by atoms with Crippen molar-refractivity contribution in [2.75, 3.05) is 6.61 Å². The summed E-state index contributed by atoms with van der Waals surface area (Å²) < 4.78 is 5.57. The maximum absolute atomic E-state index is 12.9. The van der Waals surface area contributed by atoms with Gasteiger partial charge >= 0.3 is 0 Å². The van der Waals surface area contributed by atoms with Crippen molar-refractivity contribution in [1.29, 1.82) is 0 Å². The predicted octanol–water partition coefficient (Wildman–Crippen LogP) is 4.31. The van der Waals surface area contributed by atoms with Gasteiger partial charge in [0.2, 0.25) is 5.91 Å². The highest BCUT2D eigenvalue weighted by atomic mass is 35.5. The van der Waals surface area contributed by atoms with Crippen LogP contribution in [-0.2, 0) is 16.1 Å². The van der Waals surface area contributed by atoms with E-state index in [9.17, 15) is 9.59 Å². The highest BCUT2D eigenvalue weighted by molar-refractivity contribution is 6.31. The fraction of sp³-hybridized carbons (Fsp3) is 0.333. The number of nitrogens with one attached hydrogen (secondary N) is 1. The Labute approximate surface area is 175 Å². The van der Waals surface area contributed by atoms with Gasteiger partial charge in [0.15, 0.2) is 6.61 Å². The monoisotopic (exact) mass is 422 g/mol. The molecule has 150 valence electrons. The summed E-state index contributed by atoms with van der Waals surface area (Å²) in [6.45, 7) is 5.43. The van der Waals surface area contributed by atoms with Crippen molar-refractivity contribution >= 4 is 35.0 Å². The molecule has 0 spiro atoms. The second kappa shape index (κ2) is 10.3. The summed E-state index contributed by atoms with van der Waals surface area (Å²) in [5.41, 5.74) is 0.758. The van der Waals surface area contributed by atoms with Gasteiger partial charge in [-0.2, -0.15) is 0 Å². The molecule has 2 aromatic rings. The van der Waals surface area contributed by atoms with Crippen LogP contribution in [0.2, 0.25) is 10.0 Å². The van der Waals surface area contributed by atoms with Crippen LogP contribution in [0, 0.1) is 0 Å². The molecule has 0 bridgehead atoms. The molecule has 2 aromatic carbocycles. The number of nitrogens with zero attached hydrogens (tertiary/aromatic N) is 1. The molecule has 5 nitrogen and oxygen atoms in total. The van der Waals surface area contributed by atoms with E-state index in [2.05, 4.69) is 5.32 Å². The molecule has 1 atom stereocenters. The van der Waals surface area contributed by atoms with Crippen LogP contribution in [0.4, 0.5) is 0 Å². The lowest BCUT2D eigenvalue weighted by atomic mass is 10.1. The molecule has 0 aliphatic heterocycles. The number of carbonyl (C=O) groups is 2. The lowest BCUT2D eigenvalue weighted by Gasteiger charge is -2.29. The smallest absolute Gasteiger partial charge is 0.261 e. The molecule has 0 heterocycles. The Hall–Kier alpha value is -2.24. The van der Waals surface area contributed by atoms with E-state index in [0.717, 1.165) is 5.56 Å². The first kappa shape index (κ1) is 22.1. The van der Waals surface area contributed by atoms with Gasteiger partial charge in [-0.15, -0.1) is 0 Å². The average molecular weight is 423 g/mol. The summed E-state index contributed by atoms with van der Waals surface area (Å²) in [4.78, 5) is 26.8. The van der Waals surface area contributed by atoms with Crippen molar-refractivity contribution in [2.45, 2.75) is 39.4 Å². The van der Waals surface area contributed by atoms with Crippen LogP contribution in [0.25, 0.3) is 0 Å². The number of rotatable bonds is 8. The molecule has 0 aliphatic rings. The van der Waals surface area contributed by atoms with Crippen LogP contribution in [0.1, 0.15) is 26.3 Å². The average Bonchev–Trinajstić information content (AvgIpc) is 2.65. The van der Waals surface area contributed by atoms with E-state index in [0.29, 0.717) is 15.8 Å². The van der Waals surface area contributed by atoms with Crippen molar-refractivity contribution < 1.29 is 14.3 Å². The lowest BCUT2D eigenvalue weighted by Crippen LogP contribution is -2.50. The zero-order chi connectivity index (χ0) is 20.7. The van der Waals surface area contributed by atoms with Crippen LogP contribution in [0.5, 0.6) is 5.75 Å². The zero-order valence-electron chi connectivity index (χ0n) is 16.1. The maximum Gasteiger partial charge on any atom is 0.261 e. The van der Waals surface area contributed by atoms with E-state index in [1.165, 1.54) is 4.90 Å². The zero-order valence-corrected chi connectivity index (χ0v) is 17.6. The molecule has 0 saturated heterocycles.